The Morgan fingerprint density at radius 2 is 1.91 bits per heavy atom. The average Bonchev–Trinajstić information content (AvgIpc) is 2.56. The molecule has 0 aliphatic carbocycles. The van der Waals surface area contributed by atoms with Crippen molar-refractivity contribution >= 4 is 17.3 Å². The van der Waals surface area contributed by atoms with Gasteiger partial charge in [0.1, 0.15) is 6.04 Å². The van der Waals surface area contributed by atoms with Gasteiger partial charge in [-0.3, -0.25) is 14.9 Å². The Balaban J connectivity index is 1.83. The fourth-order valence-electron chi connectivity index (χ4n) is 2.15. The third-order valence-corrected chi connectivity index (χ3v) is 3.39. The summed E-state index contributed by atoms with van der Waals surface area (Å²) in [7, 11) is 0. The van der Waals surface area contributed by atoms with Crippen molar-refractivity contribution in [2.45, 2.75) is 19.4 Å². The summed E-state index contributed by atoms with van der Waals surface area (Å²) in [5, 5.41) is 16.6. The zero-order chi connectivity index (χ0) is 16.7. The summed E-state index contributed by atoms with van der Waals surface area (Å²) in [5.74, 6) is -0.146. The summed E-state index contributed by atoms with van der Waals surface area (Å²) in [6.07, 6.45) is 0.760. The Kier molecular flexibility index (Phi) is 5.68. The highest BCUT2D eigenvalue weighted by Gasteiger charge is 2.13. The number of carbonyl (C=O) groups excluding carboxylic acids is 1. The molecule has 0 heterocycles. The van der Waals surface area contributed by atoms with Gasteiger partial charge in [-0.05, 0) is 25.0 Å². The number of rotatable bonds is 7. The minimum Gasteiger partial charge on any atom is -0.374 e. The molecular weight excluding hydrogens is 294 g/mol. The first-order valence-electron chi connectivity index (χ1n) is 7.39. The molecule has 0 aromatic heterocycles. The summed E-state index contributed by atoms with van der Waals surface area (Å²) in [6.45, 7) is 2.26. The highest BCUT2D eigenvalue weighted by molar-refractivity contribution is 5.84. The molecule has 2 aromatic rings. The van der Waals surface area contributed by atoms with Crippen LogP contribution in [-0.4, -0.2) is 23.4 Å². The first kappa shape index (κ1) is 16.5. The molecule has 6 heteroatoms. The molecule has 0 radical (unpaired) electrons. The van der Waals surface area contributed by atoms with Crippen LogP contribution in [0.15, 0.2) is 54.6 Å². The van der Waals surface area contributed by atoms with Gasteiger partial charge in [-0.2, -0.15) is 0 Å². The normalized spacial score (nSPS) is 11.5. The van der Waals surface area contributed by atoms with Crippen LogP contribution >= 0.6 is 0 Å². The number of benzene rings is 2. The number of nitrogens with one attached hydrogen (secondary N) is 2. The molecule has 0 unspecified atom stereocenters. The number of anilines is 1. The third-order valence-electron chi connectivity index (χ3n) is 3.39. The molecule has 0 saturated carbocycles. The van der Waals surface area contributed by atoms with Crippen LogP contribution in [0.1, 0.15) is 12.5 Å². The van der Waals surface area contributed by atoms with Crippen molar-refractivity contribution in [3.63, 3.8) is 0 Å². The first-order chi connectivity index (χ1) is 11.1. The molecule has 6 nitrogen and oxygen atoms in total. The van der Waals surface area contributed by atoms with E-state index in [2.05, 4.69) is 10.6 Å². The van der Waals surface area contributed by atoms with Crippen molar-refractivity contribution in [2.75, 3.05) is 11.9 Å². The summed E-state index contributed by atoms with van der Waals surface area (Å²) in [4.78, 5) is 22.3. The number of nitrogens with zero attached hydrogens (tertiary/aromatic N) is 1. The molecule has 0 aliphatic rings. The largest absolute Gasteiger partial charge is 0.374 e. The number of nitro benzene ring substituents is 1. The fraction of sp³-hybridized carbons (Fsp3) is 0.235. The number of non-ortho nitro benzene ring substituents is 1. The zero-order valence-electron chi connectivity index (χ0n) is 12.9. The number of hydrogen-bond acceptors (Lipinski definition) is 4. The maximum atomic E-state index is 12.0. The predicted octanol–water partition coefficient (Wildman–Crippen LogP) is 2.75. The SMILES string of the molecule is C[C@H](Nc1cccc([N+](=O)[O-])c1)C(=O)NCCc1ccccc1. The van der Waals surface area contributed by atoms with Gasteiger partial charge in [0.05, 0.1) is 4.92 Å². The molecular formula is C17H19N3O3. The summed E-state index contributed by atoms with van der Waals surface area (Å²) < 4.78 is 0. The van der Waals surface area contributed by atoms with Gasteiger partial charge >= 0.3 is 0 Å². The lowest BCUT2D eigenvalue weighted by molar-refractivity contribution is -0.384. The van der Waals surface area contributed by atoms with E-state index < -0.39 is 11.0 Å². The highest BCUT2D eigenvalue weighted by atomic mass is 16.6. The maximum Gasteiger partial charge on any atom is 0.271 e. The maximum absolute atomic E-state index is 12.0. The molecule has 0 saturated heterocycles. The van der Waals surface area contributed by atoms with Crippen molar-refractivity contribution in [2.24, 2.45) is 0 Å². The van der Waals surface area contributed by atoms with Gasteiger partial charge in [0, 0.05) is 24.4 Å². The molecule has 120 valence electrons. The van der Waals surface area contributed by atoms with Crippen molar-refractivity contribution in [3.8, 4) is 0 Å². The lowest BCUT2D eigenvalue weighted by Crippen LogP contribution is -2.38. The van der Waals surface area contributed by atoms with Gasteiger partial charge in [0.2, 0.25) is 5.91 Å². The Bertz CT molecular complexity index is 674. The third kappa shape index (κ3) is 5.10. The van der Waals surface area contributed by atoms with E-state index in [9.17, 15) is 14.9 Å². The highest BCUT2D eigenvalue weighted by Crippen LogP contribution is 2.17. The molecule has 0 fully saturated rings. The molecule has 2 aromatic carbocycles. The van der Waals surface area contributed by atoms with Gasteiger partial charge in [0.15, 0.2) is 0 Å². The second-order valence-corrected chi connectivity index (χ2v) is 5.20. The molecule has 0 bridgehead atoms. The molecule has 1 atom stereocenters. The van der Waals surface area contributed by atoms with E-state index in [-0.39, 0.29) is 11.6 Å². The second-order valence-electron chi connectivity index (χ2n) is 5.20. The van der Waals surface area contributed by atoms with E-state index in [0.717, 1.165) is 12.0 Å². The van der Waals surface area contributed by atoms with E-state index in [1.54, 1.807) is 19.1 Å². The molecule has 0 aliphatic heterocycles. The minimum atomic E-state index is -0.479. The quantitative estimate of drug-likeness (QED) is 0.608. The number of hydrogen-bond donors (Lipinski definition) is 2. The van der Waals surface area contributed by atoms with Gasteiger partial charge in [-0.25, -0.2) is 0 Å². The minimum absolute atomic E-state index is 0.00770. The smallest absolute Gasteiger partial charge is 0.271 e. The average molecular weight is 313 g/mol. The summed E-state index contributed by atoms with van der Waals surface area (Å²) in [5.41, 5.74) is 1.70. The molecule has 1 amide bonds. The Labute approximate surface area is 134 Å². The lowest BCUT2D eigenvalue weighted by Gasteiger charge is -2.15. The Hall–Kier alpha value is -2.89. The van der Waals surface area contributed by atoms with Crippen LogP contribution in [-0.2, 0) is 11.2 Å². The van der Waals surface area contributed by atoms with Crippen LogP contribution in [0.25, 0.3) is 0 Å². The van der Waals surface area contributed by atoms with Gasteiger partial charge in [0.25, 0.3) is 5.69 Å². The van der Waals surface area contributed by atoms with Crippen molar-refractivity contribution in [1.82, 2.24) is 5.32 Å². The van der Waals surface area contributed by atoms with Crippen molar-refractivity contribution < 1.29 is 9.72 Å². The standard InChI is InChI=1S/C17H19N3O3/c1-13(19-15-8-5-9-16(12-15)20(22)23)17(21)18-11-10-14-6-3-2-4-7-14/h2-9,12-13,19H,10-11H2,1H3,(H,18,21)/t13-/m0/s1. The van der Waals surface area contributed by atoms with E-state index in [1.165, 1.54) is 12.1 Å². The summed E-state index contributed by atoms with van der Waals surface area (Å²) >= 11 is 0. The Morgan fingerprint density at radius 3 is 2.61 bits per heavy atom. The topological polar surface area (TPSA) is 84.3 Å². The predicted molar refractivity (Wildman–Crippen MR) is 89.3 cm³/mol. The fourth-order valence-corrected chi connectivity index (χ4v) is 2.15. The molecule has 2 rings (SSSR count). The van der Waals surface area contributed by atoms with Crippen LogP contribution in [0.3, 0.4) is 0 Å². The Morgan fingerprint density at radius 1 is 1.17 bits per heavy atom. The van der Waals surface area contributed by atoms with Crippen molar-refractivity contribution in [1.29, 1.82) is 0 Å². The van der Waals surface area contributed by atoms with Crippen LogP contribution in [0.2, 0.25) is 0 Å². The van der Waals surface area contributed by atoms with Gasteiger partial charge in [-0.15, -0.1) is 0 Å². The lowest BCUT2D eigenvalue weighted by atomic mass is 10.1. The molecule has 0 spiro atoms. The van der Waals surface area contributed by atoms with E-state index in [1.807, 2.05) is 30.3 Å². The molecule has 2 N–H and O–H groups in total. The van der Waals surface area contributed by atoms with Crippen LogP contribution in [0, 0.1) is 10.1 Å². The number of amides is 1. The number of nitro groups is 1. The van der Waals surface area contributed by atoms with Crippen LogP contribution in [0.4, 0.5) is 11.4 Å². The van der Waals surface area contributed by atoms with E-state index in [0.29, 0.717) is 12.2 Å². The second kappa shape index (κ2) is 7.93. The van der Waals surface area contributed by atoms with Gasteiger partial charge < -0.3 is 10.6 Å². The van der Waals surface area contributed by atoms with E-state index >= 15 is 0 Å². The van der Waals surface area contributed by atoms with Crippen molar-refractivity contribution in [3.05, 3.63) is 70.3 Å². The first-order valence-corrected chi connectivity index (χ1v) is 7.39. The number of carbonyl (C=O) groups is 1. The summed E-state index contributed by atoms with van der Waals surface area (Å²) in [6, 6.07) is 15.5. The monoisotopic (exact) mass is 313 g/mol. The zero-order valence-corrected chi connectivity index (χ0v) is 12.9. The molecule has 23 heavy (non-hydrogen) atoms. The van der Waals surface area contributed by atoms with Crippen LogP contribution < -0.4 is 10.6 Å². The van der Waals surface area contributed by atoms with E-state index in [4.69, 9.17) is 0 Å². The van der Waals surface area contributed by atoms with Crippen LogP contribution in [0.5, 0.6) is 0 Å². The van der Waals surface area contributed by atoms with Gasteiger partial charge in [-0.1, -0.05) is 36.4 Å².